The van der Waals surface area contributed by atoms with Gasteiger partial charge in [0.15, 0.2) is 0 Å². The Morgan fingerprint density at radius 3 is 2.06 bits per heavy atom. The number of carboxylic acids is 1. The third-order valence-electron chi connectivity index (χ3n) is 6.70. The summed E-state index contributed by atoms with van der Waals surface area (Å²) in [6.07, 6.45) is -1.68. The first-order valence-corrected chi connectivity index (χ1v) is 15.1. The van der Waals surface area contributed by atoms with Gasteiger partial charge in [0.1, 0.15) is 35.8 Å². The number of rotatable bonds is 16. The number of likely N-dealkylation sites (tertiary alicyclic amines) is 1. The van der Waals surface area contributed by atoms with Crippen molar-refractivity contribution in [3.63, 3.8) is 0 Å². The van der Waals surface area contributed by atoms with Gasteiger partial charge in [0.05, 0.1) is 13.0 Å². The maximum atomic E-state index is 13.8. The number of aliphatic hydroxyl groups is 1. The number of primary amides is 1. The van der Waals surface area contributed by atoms with Crippen LogP contribution in [0.4, 0.5) is 4.79 Å². The highest BCUT2D eigenvalue weighted by Crippen LogP contribution is 2.21. The van der Waals surface area contributed by atoms with Crippen molar-refractivity contribution in [1.82, 2.24) is 31.7 Å². The smallest absolute Gasteiger partial charge is 0.426 e. The first-order chi connectivity index (χ1) is 21.7. The molecular formula is C28H48N8O11. The van der Waals surface area contributed by atoms with Crippen molar-refractivity contribution in [3.8, 4) is 0 Å². The SMILES string of the molecule is CC(C)C[C@H](NC(=O)[C@H](CC(=O)O)NC(=O)[C@@H](N)CO)C(=O)N1CCC[C@H]1C(=O)N[C@@H](CCC(N)=O)C(=O)NNC(=O)OC(C)(C)C. The lowest BCUT2D eigenvalue weighted by Gasteiger charge is -2.31. The molecule has 1 heterocycles. The Morgan fingerprint density at radius 2 is 1.53 bits per heavy atom. The van der Waals surface area contributed by atoms with Gasteiger partial charge in [-0.15, -0.1) is 0 Å². The molecule has 19 nitrogen and oxygen atoms in total. The molecule has 19 heteroatoms. The number of hydrogen-bond acceptors (Lipinski definition) is 11. The number of carboxylic acid groups (broad SMARTS) is 1. The highest BCUT2D eigenvalue weighted by Gasteiger charge is 2.40. The minimum atomic E-state index is -1.63. The standard InChI is InChI=1S/C28H48N8O11/c1-14(2)11-18(33-23(42)17(12-21(39)40)32-22(41)15(29)13-37)26(45)36-10-6-7-19(36)25(44)31-16(8-9-20(30)38)24(43)34-35-27(46)47-28(3,4)5/h14-19,37H,6-13,29H2,1-5H3,(H2,30,38)(H,31,44)(H,32,41)(H,33,42)(H,34,43)(H,35,46)(H,39,40)/t15-,16-,17-,18-,19-/m0/s1. The van der Waals surface area contributed by atoms with Crippen LogP contribution in [0.1, 0.15) is 73.1 Å². The topological polar surface area (TPSA) is 302 Å². The van der Waals surface area contributed by atoms with Gasteiger partial charge in [-0.2, -0.15) is 0 Å². The molecule has 0 unspecified atom stereocenters. The monoisotopic (exact) mass is 672 g/mol. The molecule has 0 aromatic carbocycles. The molecule has 0 spiro atoms. The first kappa shape index (κ1) is 40.5. The zero-order chi connectivity index (χ0) is 36.1. The third kappa shape index (κ3) is 14.6. The van der Waals surface area contributed by atoms with Gasteiger partial charge in [-0.3, -0.25) is 39.0 Å². The summed E-state index contributed by atoms with van der Waals surface area (Å²) in [5.74, 6) is -6.62. The van der Waals surface area contributed by atoms with E-state index in [1.807, 2.05) is 0 Å². The molecular weight excluding hydrogens is 624 g/mol. The molecule has 0 bridgehead atoms. The number of nitrogens with two attached hydrogens (primary N) is 2. The summed E-state index contributed by atoms with van der Waals surface area (Å²) >= 11 is 0. The molecule has 0 saturated carbocycles. The maximum Gasteiger partial charge on any atom is 0.426 e. The molecule has 47 heavy (non-hydrogen) atoms. The number of amides is 7. The number of ether oxygens (including phenoxy) is 1. The molecule has 1 rings (SSSR count). The largest absolute Gasteiger partial charge is 0.481 e. The Bertz CT molecular complexity index is 1170. The van der Waals surface area contributed by atoms with E-state index in [0.717, 1.165) is 0 Å². The fourth-order valence-electron chi connectivity index (χ4n) is 4.54. The normalized spacial score (nSPS) is 17.0. The lowest BCUT2D eigenvalue weighted by molar-refractivity contribution is -0.144. The summed E-state index contributed by atoms with van der Waals surface area (Å²) < 4.78 is 5.05. The zero-order valence-electron chi connectivity index (χ0n) is 27.3. The maximum absolute atomic E-state index is 13.8. The van der Waals surface area contributed by atoms with Crippen LogP contribution >= 0.6 is 0 Å². The predicted octanol–water partition coefficient (Wildman–Crippen LogP) is -2.91. The van der Waals surface area contributed by atoms with Crippen molar-refractivity contribution in [1.29, 1.82) is 0 Å². The van der Waals surface area contributed by atoms with Crippen LogP contribution in [-0.2, 0) is 38.3 Å². The number of aliphatic carboxylic acids is 1. The van der Waals surface area contributed by atoms with Gasteiger partial charge in [-0.1, -0.05) is 13.8 Å². The first-order valence-electron chi connectivity index (χ1n) is 15.1. The zero-order valence-corrected chi connectivity index (χ0v) is 27.3. The average Bonchev–Trinajstić information content (AvgIpc) is 3.45. The van der Waals surface area contributed by atoms with Crippen LogP contribution in [0.5, 0.6) is 0 Å². The van der Waals surface area contributed by atoms with E-state index in [9.17, 15) is 43.5 Å². The predicted molar refractivity (Wildman–Crippen MR) is 163 cm³/mol. The quantitative estimate of drug-likeness (QED) is 0.0746. The van der Waals surface area contributed by atoms with E-state index < -0.39 is 96.3 Å². The highest BCUT2D eigenvalue weighted by atomic mass is 16.6. The Kier molecular flexibility index (Phi) is 16.0. The second kappa shape index (κ2) is 18.6. The van der Waals surface area contributed by atoms with Crippen LogP contribution in [0.25, 0.3) is 0 Å². The molecule has 0 radical (unpaired) electrons. The van der Waals surface area contributed by atoms with Gasteiger partial charge < -0.3 is 47.3 Å². The second-order valence-corrected chi connectivity index (χ2v) is 12.5. The third-order valence-corrected chi connectivity index (χ3v) is 6.70. The van der Waals surface area contributed by atoms with E-state index in [1.54, 1.807) is 34.6 Å². The summed E-state index contributed by atoms with van der Waals surface area (Å²) in [6, 6.07) is -6.72. The van der Waals surface area contributed by atoms with Gasteiger partial charge in [0.25, 0.3) is 5.91 Å². The van der Waals surface area contributed by atoms with Gasteiger partial charge in [0.2, 0.25) is 29.5 Å². The summed E-state index contributed by atoms with van der Waals surface area (Å²) in [7, 11) is 0. The van der Waals surface area contributed by atoms with E-state index in [2.05, 4.69) is 26.8 Å². The number of hydrogen-bond donors (Lipinski definition) is 9. The lowest BCUT2D eigenvalue weighted by atomic mass is 10.0. The van der Waals surface area contributed by atoms with Crippen molar-refractivity contribution >= 4 is 47.5 Å². The fraction of sp³-hybridized carbons (Fsp3) is 0.714. The second-order valence-electron chi connectivity index (χ2n) is 12.5. The van der Waals surface area contributed by atoms with Crippen molar-refractivity contribution in [2.75, 3.05) is 13.2 Å². The summed E-state index contributed by atoms with van der Waals surface area (Å²) in [6.45, 7) is 7.72. The Hall–Kier alpha value is -4.52. The van der Waals surface area contributed by atoms with Crippen LogP contribution in [0.2, 0.25) is 0 Å². The molecule has 7 amide bonds. The summed E-state index contributed by atoms with van der Waals surface area (Å²) in [4.78, 5) is 101. The van der Waals surface area contributed by atoms with E-state index in [1.165, 1.54) is 4.90 Å². The van der Waals surface area contributed by atoms with E-state index in [0.29, 0.717) is 6.42 Å². The summed E-state index contributed by atoms with van der Waals surface area (Å²) in [5, 5.41) is 25.5. The number of hydrazine groups is 1. The van der Waals surface area contributed by atoms with Gasteiger partial charge in [-0.25, -0.2) is 10.2 Å². The minimum absolute atomic E-state index is 0.0826. The number of carbonyl (C=O) groups is 8. The van der Waals surface area contributed by atoms with Crippen molar-refractivity contribution in [2.45, 2.75) is 109 Å². The lowest BCUT2D eigenvalue weighted by Crippen LogP contribution is -2.59. The minimum Gasteiger partial charge on any atom is -0.481 e. The molecule has 11 N–H and O–H groups in total. The van der Waals surface area contributed by atoms with Crippen LogP contribution in [0.3, 0.4) is 0 Å². The average molecular weight is 673 g/mol. The number of nitrogens with one attached hydrogen (secondary N) is 5. The van der Waals surface area contributed by atoms with Crippen LogP contribution in [0.15, 0.2) is 0 Å². The van der Waals surface area contributed by atoms with Gasteiger partial charge in [-0.05, 0) is 52.4 Å². The van der Waals surface area contributed by atoms with Crippen molar-refractivity contribution < 1.29 is 53.3 Å². The van der Waals surface area contributed by atoms with Gasteiger partial charge >= 0.3 is 12.1 Å². The molecule has 1 fully saturated rings. The fourth-order valence-corrected chi connectivity index (χ4v) is 4.54. The van der Waals surface area contributed by atoms with Crippen LogP contribution in [0, 0.1) is 5.92 Å². The molecule has 266 valence electrons. The number of aliphatic hydroxyl groups excluding tert-OH is 1. The van der Waals surface area contributed by atoms with Crippen LogP contribution < -0.4 is 38.3 Å². The van der Waals surface area contributed by atoms with Crippen molar-refractivity contribution in [3.05, 3.63) is 0 Å². The highest BCUT2D eigenvalue weighted by molar-refractivity contribution is 5.97. The Morgan fingerprint density at radius 1 is 0.915 bits per heavy atom. The Balaban J connectivity index is 3.13. The van der Waals surface area contributed by atoms with E-state index >= 15 is 0 Å². The molecule has 0 aromatic rings. The molecule has 1 aliphatic heterocycles. The molecule has 1 saturated heterocycles. The van der Waals surface area contributed by atoms with E-state index in [-0.39, 0.29) is 38.1 Å². The van der Waals surface area contributed by atoms with E-state index in [4.69, 9.17) is 21.3 Å². The number of carbonyl (C=O) groups excluding carboxylic acids is 7. The Labute approximate surface area is 272 Å². The number of nitrogens with zero attached hydrogens (tertiary/aromatic N) is 1. The van der Waals surface area contributed by atoms with Crippen LogP contribution in [-0.4, -0.2) is 112 Å². The molecule has 0 aromatic heterocycles. The summed E-state index contributed by atoms with van der Waals surface area (Å²) in [5.41, 5.74) is 14.0. The molecule has 5 atom stereocenters. The van der Waals surface area contributed by atoms with Crippen molar-refractivity contribution in [2.24, 2.45) is 17.4 Å². The molecule has 1 aliphatic rings. The molecule has 0 aliphatic carbocycles. The van der Waals surface area contributed by atoms with Gasteiger partial charge in [0, 0.05) is 13.0 Å².